The van der Waals surface area contributed by atoms with Crippen LogP contribution in [0.4, 0.5) is 56.9 Å². The molecule has 0 saturated heterocycles. The fourth-order valence-electron chi connectivity index (χ4n) is 7.46. The zero-order valence-electron chi connectivity index (χ0n) is 40.5. The number of nitro groups is 1. The Balaban J connectivity index is 1.39. The predicted octanol–water partition coefficient (Wildman–Crippen LogP) is 7.44. The smallest absolute Gasteiger partial charge is 0.337 e. The van der Waals surface area contributed by atoms with Gasteiger partial charge in [0.2, 0.25) is 0 Å². The second-order valence-corrected chi connectivity index (χ2v) is 24.6. The van der Waals surface area contributed by atoms with Crippen LogP contribution in [0.25, 0.3) is 21.5 Å². The molecule has 0 amide bonds. The van der Waals surface area contributed by atoms with E-state index in [2.05, 4.69) is 40.9 Å². The summed E-state index contributed by atoms with van der Waals surface area (Å²) in [5.74, 6) is -6.75. The van der Waals surface area contributed by atoms with E-state index in [0.29, 0.717) is 30.3 Å². The van der Waals surface area contributed by atoms with Crippen LogP contribution in [0.3, 0.4) is 0 Å². The van der Waals surface area contributed by atoms with Crippen molar-refractivity contribution in [1.82, 2.24) is 0 Å². The highest BCUT2D eigenvalue weighted by Gasteiger charge is 2.32. The summed E-state index contributed by atoms with van der Waals surface area (Å²) in [4.78, 5) is 24.9. The van der Waals surface area contributed by atoms with Crippen LogP contribution in [0.1, 0.15) is 20.7 Å². The third-order valence-corrected chi connectivity index (χ3v) is 16.4. The Morgan fingerprint density at radius 1 is 0.488 bits per heavy atom. The van der Waals surface area contributed by atoms with Crippen molar-refractivity contribution in [3.8, 4) is 17.2 Å². The van der Waals surface area contributed by atoms with Gasteiger partial charge in [-0.3, -0.25) is 37.4 Å². The maximum Gasteiger partial charge on any atom is 0.337 e. The molecule has 0 aromatic heterocycles. The van der Waals surface area contributed by atoms with Crippen LogP contribution < -0.4 is 10.5 Å². The number of carboxylic acid groups (broad SMARTS) is 2. The van der Waals surface area contributed by atoms with Crippen LogP contribution in [0.15, 0.2) is 149 Å². The number of nitrogens with two attached hydrogens (primary N) is 1. The number of benzene rings is 7. The first-order valence-corrected chi connectivity index (χ1v) is 29.9. The topological polar surface area (TPSA) is 619 Å². The summed E-state index contributed by atoms with van der Waals surface area (Å²) in [6, 6.07) is 7.71. The number of nitrogen functional groups attached to an aromatic ring is 1. The maximum atomic E-state index is 13.1. The van der Waals surface area contributed by atoms with Gasteiger partial charge in [0.25, 0.3) is 56.3 Å². The van der Waals surface area contributed by atoms with Gasteiger partial charge in [-0.15, -0.1) is 35.8 Å². The number of phenolic OH excluding ortho intramolecular Hbond substituents is 2. The lowest BCUT2D eigenvalue weighted by molar-refractivity contribution is -0.388. The number of carboxylic acids is 2. The average Bonchev–Trinajstić information content (AvgIpc) is 1.02. The number of aromatic hydroxyl groups is 2. The number of methoxy groups -OCH3 is 1. The Kier molecular flexibility index (Phi) is 16.2. The number of aromatic carboxylic acids is 2. The number of fused-ring (bicyclic) bond motifs is 2. The third-order valence-electron chi connectivity index (χ3n) is 11.1. The van der Waals surface area contributed by atoms with Gasteiger partial charge in [-0.1, -0.05) is 0 Å². The summed E-state index contributed by atoms with van der Waals surface area (Å²) >= 11 is 0. The molecule has 0 bridgehead atoms. The number of nitro benzene ring substituents is 1. The Bertz CT molecular complexity index is 4960. The standard InChI is InChI=1S/C41H28N10O27S6/c1-78-27-14-26(51(58)59)30(81(66,67)68)12-24(27)47-50-36-32(83(72,73)74)11-20-28(79(60,61)62)13-25(34(42)33(20)38(36)53)48-45-22-7-5-17-19(39(22)84(75,76)77)10-31(82(69,70)71)35(37(17)52)49-44-21-6-3-16(9-29(21)80(63,64)65)43-46-23-8-15(40(54)55)2-4-18(23)41(56)57/h2-14,52-53H,42H2,1H3,(H,54,55)(H,56,57)(H,60,61,62)(H,63,64,65)(H,66,67,68)(H,69,70,71)(H,72,73,74)(H,75,76,77). The van der Waals surface area contributed by atoms with E-state index in [0.717, 1.165) is 43.5 Å². The average molecular weight is 1290 g/mol. The van der Waals surface area contributed by atoms with Gasteiger partial charge in [0.05, 0.1) is 46.0 Å². The molecule has 7 aromatic carbocycles. The molecule has 0 fully saturated rings. The Morgan fingerprint density at radius 2 is 0.988 bits per heavy atom. The lowest BCUT2D eigenvalue weighted by Gasteiger charge is -2.15. The quantitative estimate of drug-likeness (QED) is 0.0131. The van der Waals surface area contributed by atoms with Crippen LogP contribution >= 0.6 is 0 Å². The Morgan fingerprint density at radius 3 is 1.51 bits per heavy atom. The molecule has 0 radical (unpaired) electrons. The number of rotatable bonds is 18. The molecule has 37 nitrogen and oxygen atoms in total. The number of anilines is 1. The van der Waals surface area contributed by atoms with Crippen molar-refractivity contribution in [3.63, 3.8) is 0 Å². The van der Waals surface area contributed by atoms with Crippen LogP contribution in [-0.2, 0) is 60.7 Å². The monoisotopic (exact) mass is 1280 g/mol. The van der Waals surface area contributed by atoms with Gasteiger partial charge >= 0.3 is 22.1 Å². The summed E-state index contributed by atoms with van der Waals surface area (Å²) < 4.78 is 218. The summed E-state index contributed by atoms with van der Waals surface area (Å²) in [7, 11) is -32.9. The molecule has 7 rings (SSSR count). The SMILES string of the molecule is COc1cc([N+](=O)[O-])c(S(=O)(=O)O)cc1N=Nc1c(S(=O)(=O)O)cc2c(S(=O)(=O)O)cc(N=Nc3ccc4c(O)c(N=Nc5ccc(N=Nc6cc(C(=O)O)ccc6C(=O)O)cc5S(=O)(=O)O)c(S(=O)(=O)O)cc4c3S(=O)(=O)O)c(N)c2c1O. The van der Waals surface area contributed by atoms with Gasteiger partial charge < -0.3 is 30.9 Å². The van der Waals surface area contributed by atoms with E-state index in [1.807, 2.05) is 0 Å². The number of ether oxygens (including phenoxy) is 1. The lowest BCUT2D eigenvalue weighted by atomic mass is 10.0. The van der Waals surface area contributed by atoms with Gasteiger partial charge in [-0.2, -0.15) is 55.6 Å². The normalized spacial score (nSPS) is 13.0. The van der Waals surface area contributed by atoms with Gasteiger partial charge in [0, 0.05) is 16.2 Å². The first kappa shape index (κ1) is 62.1. The minimum absolute atomic E-state index is 0.245. The minimum atomic E-state index is -5.79. The van der Waals surface area contributed by atoms with E-state index < -0.39 is 214 Å². The Hall–Kier alpha value is -9.54. The van der Waals surface area contributed by atoms with Crippen LogP contribution in [-0.4, -0.2) is 122 Å². The van der Waals surface area contributed by atoms with Crippen LogP contribution in [0, 0.1) is 10.1 Å². The molecule has 7 aromatic rings. The highest BCUT2D eigenvalue weighted by atomic mass is 32.2. The molecule has 0 atom stereocenters. The minimum Gasteiger partial charge on any atom is -0.505 e. The first-order valence-electron chi connectivity index (χ1n) is 21.2. The first-order chi connectivity index (χ1) is 38.6. The Labute approximate surface area is 466 Å². The summed E-state index contributed by atoms with van der Waals surface area (Å²) in [6.07, 6.45) is 0. The molecule has 12 N–H and O–H groups in total. The van der Waals surface area contributed by atoms with E-state index in [9.17, 15) is 118 Å². The molecule has 0 saturated carbocycles. The number of carbonyl (C=O) groups is 2. The molecule has 0 aliphatic rings. The molecule has 440 valence electrons. The van der Waals surface area contributed by atoms with E-state index in [1.165, 1.54) is 0 Å². The molecular weight excluding hydrogens is 1260 g/mol. The summed E-state index contributed by atoms with van der Waals surface area (Å²) in [5, 5.41) is 77.9. The number of hydrogen-bond donors (Lipinski definition) is 11. The predicted molar refractivity (Wildman–Crippen MR) is 278 cm³/mol. The molecule has 0 aliphatic heterocycles. The van der Waals surface area contributed by atoms with Crippen LogP contribution in [0.5, 0.6) is 17.2 Å². The van der Waals surface area contributed by atoms with Crippen molar-refractivity contribution in [1.29, 1.82) is 0 Å². The summed E-state index contributed by atoms with van der Waals surface area (Å²) in [6.45, 7) is 0. The summed E-state index contributed by atoms with van der Waals surface area (Å²) in [5.41, 5.74) is -4.59. The fourth-order valence-corrected chi connectivity index (χ4v) is 11.6. The molecule has 0 heterocycles. The van der Waals surface area contributed by atoms with Crippen molar-refractivity contribution in [2.24, 2.45) is 40.9 Å². The van der Waals surface area contributed by atoms with E-state index in [4.69, 9.17) is 10.5 Å². The van der Waals surface area contributed by atoms with Crippen molar-refractivity contribution >= 4 is 151 Å². The highest BCUT2D eigenvalue weighted by Crippen LogP contribution is 2.50. The van der Waals surface area contributed by atoms with E-state index in [1.54, 1.807) is 0 Å². The van der Waals surface area contributed by atoms with Gasteiger partial charge in [-0.05, 0) is 72.8 Å². The number of azo groups is 4. The molecular formula is C41H28N10O27S6. The fraction of sp³-hybridized carbons (Fsp3) is 0.0244. The second kappa shape index (κ2) is 22.0. The van der Waals surface area contributed by atoms with E-state index >= 15 is 0 Å². The second-order valence-electron chi connectivity index (χ2n) is 16.3. The van der Waals surface area contributed by atoms with Crippen LogP contribution in [0.2, 0.25) is 0 Å². The van der Waals surface area contributed by atoms with Crippen molar-refractivity contribution < 1.29 is 117 Å². The molecule has 84 heavy (non-hydrogen) atoms. The van der Waals surface area contributed by atoms with Crippen molar-refractivity contribution in [3.05, 3.63) is 100 Å². The molecule has 43 heteroatoms. The zero-order valence-corrected chi connectivity index (χ0v) is 45.4. The molecule has 0 unspecified atom stereocenters. The highest BCUT2D eigenvalue weighted by molar-refractivity contribution is 7.87. The van der Waals surface area contributed by atoms with E-state index in [-0.39, 0.29) is 12.1 Å². The number of hydrogen-bond acceptors (Lipinski definition) is 28. The molecule has 0 spiro atoms. The molecule has 0 aliphatic carbocycles. The third kappa shape index (κ3) is 12.6. The maximum absolute atomic E-state index is 13.1. The zero-order chi connectivity index (χ0) is 62.7. The number of phenols is 2. The number of nitrogens with zero attached hydrogens (tertiary/aromatic N) is 9. The van der Waals surface area contributed by atoms with Crippen molar-refractivity contribution in [2.75, 3.05) is 12.8 Å². The van der Waals surface area contributed by atoms with Gasteiger partial charge in [-0.25, -0.2) is 9.59 Å². The largest absolute Gasteiger partial charge is 0.505 e. The van der Waals surface area contributed by atoms with Crippen molar-refractivity contribution in [2.45, 2.75) is 29.4 Å². The van der Waals surface area contributed by atoms with Gasteiger partial charge in [0.15, 0.2) is 22.1 Å². The lowest BCUT2D eigenvalue weighted by Crippen LogP contribution is -2.05. The van der Waals surface area contributed by atoms with Gasteiger partial charge in [0.1, 0.15) is 64.3 Å².